The van der Waals surface area contributed by atoms with Crippen LogP contribution in [0.3, 0.4) is 0 Å². The Bertz CT molecular complexity index is 185. The maximum Gasteiger partial charge on any atom is 0.330 e. The van der Waals surface area contributed by atoms with Gasteiger partial charge in [0.05, 0.1) is 0 Å². The zero-order valence-electron chi connectivity index (χ0n) is 7.96. The molecule has 0 aromatic heterocycles. The zero-order valence-corrected chi connectivity index (χ0v) is 7.96. The topological polar surface area (TPSA) is 26.3 Å². The molecule has 0 bridgehead atoms. The third-order valence-corrected chi connectivity index (χ3v) is 1.11. The lowest BCUT2D eigenvalue weighted by Crippen LogP contribution is -2.02. The minimum absolute atomic E-state index is 0.139. The number of hydrogen-bond donors (Lipinski definition) is 0. The molecular weight excluding hydrogens is 152 g/mol. The van der Waals surface area contributed by atoms with Crippen LogP contribution in [0.2, 0.25) is 0 Å². The summed E-state index contributed by atoms with van der Waals surface area (Å²) in [6.45, 7) is 9.86. The molecule has 2 heteroatoms. The van der Waals surface area contributed by atoms with Crippen molar-refractivity contribution in [2.75, 3.05) is 6.61 Å². The highest BCUT2D eigenvalue weighted by molar-refractivity contribution is 5.81. The molecule has 0 heterocycles. The molecule has 0 rings (SSSR count). The van der Waals surface area contributed by atoms with Crippen molar-refractivity contribution in [2.24, 2.45) is 5.41 Å². The Balaban J connectivity index is 3.63. The van der Waals surface area contributed by atoms with Crippen LogP contribution in [0.15, 0.2) is 24.8 Å². The molecule has 0 saturated heterocycles. The van der Waals surface area contributed by atoms with Gasteiger partial charge in [-0.1, -0.05) is 39.5 Å². The van der Waals surface area contributed by atoms with Gasteiger partial charge in [0, 0.05) is 6.08 Å². The van der Waals surface area contributed by atoms with Crippen LogP contribution in [0, 0.1) is 5.41 Å². The normalized spacial score (nSPS) is 11.6. The summed E-state index contributed by atoms with van der Waals surface area (Å²) in [5.41, 5.74) is 0.139. The van der Waals surface area contributed by atoms with E-state index in [0.29, 0.717) is 6.61 Å². The van der Waals surface area contributed by atoms with Gasteiger partial charge in [-0.25, -0.2) is 4.79 Å². The van der Waals surface area contributed by atoms with Crippen LogP contribution in [0.25, 0.3) is 0 Å². The van der Waals surface area contributed by atoms with Crippen LogP contribution >= 0.6 is 0 Å². The van der Waals surface area contributed by atoms with E-state index in [-0.39, 0.29) is 11.4 Å². The summed E-state index contributed by atoms with van der Waals surface area (Å²) >= 11 is 0. The van der Waals surface area contributed by atoms with E-state index in [1.165, 1.54) is 0 Å². The van der Waals surface area contributed by atoms with Crippen LogP contribution in [0.4, 0.5) is 0 Å². The second-order valence-electron chi connectivity index (χ2n) is 3.60. The highest BCUT2D eigenvalue weighted by Gasteiger charge is 2.02. The van der Waals surface area contributed by atoms with Crippen molar-refractivity contribution in [3.8, 4) is 0 Å². The number of esters is 1. The van der Waals surface area contributed by atoms with Crippen molar-refractivity contribution >= 4 is 5.97 Å². The van der Waals surface area contributed by atoms with E-state index in [0.717, 1.165) is 6.08 Å². The molecule has 0 aliphatic heterocycles. The van der Waals surface area contributed by atoms with Gasteiger partial charge < -0.3 is 4.74 Å². The number of carbonyl (C=O) groups excluding carboxylic acids is 1. The molecule has 0 fully saturated rings. The largest absolute Gasteiger partial charge is 0.458 e. The Morgan fingerprint density at radius 2 is 2.08 bits per heavy atom. The van der Waals surface area contributed by atoms with Crippen LogP contribution in [0.5, 0.6) is 0 Å². The number of allylic oxidation sites excluding steroid dienone is 1. The van der Waals surface area contributed by atoms with Crippen molar-refractivity contribution in [3.05, 3.63) is 24.8 Å². The molecule has 68 valence electrons. The molecular formula is C10H16O2. The predicted molar refractivity (Wildman–Crippen MR) is 49.8 cm³/mol. The summed E-state index contributed by atoms with van der Waals surface area (Å²) in [6.07, 6.45) is 5.00. The lowest BCUT2D eigenvalue weighted by Gasteiger charge is -2.10. The van der Waals surface area contributed by atoms with Gasteiger partial charge in [-0.15, -0.1) is 0 Å². The average Bonchev–Trinajstić information content (AvgIpc) is 1.96. The first-order valence-corrected chi connectivity index (χ1v) is 3.92. The van der Waals surface area contributed by atoms with Crippen molar-refractivity contribution in [3.63, 3.8) is 0 Å². The van der Waals surface area contributed by atoms with Gasteiger partial charge in [-0.05, 0) is 5.41 Å². The number of hydrogen-bond acceptors (Lipinski definition) is 2. The summed E-state index contributed by atoms with van der Waals surface area (Å²) in [5.74, 6) is -0.381. The SMILES string of the molecule is C=CC(=O)OCC=CC(C)(C)C. The summed E-state index contributed by atoms with van der Waals surface area (Å²) in [7, 11) is 0. The van der Waals surface area contributed by atoms with Gasteiger partial charge in [0.2, 0.25) is 0 Å². The molecule has 0 saturated carbocycles. The molecule has 0 amide bonds. The molecule has 0 aromatic rings. The first-order valence-electron chi connectivity index (χ1n) is 3.92. The van der Waals surface area contributed by atoms with Crippen LogP contribution in [-0.2, 0) is 9.53 Å². The second kappa shape index (κ2) is 4.75. The average molecular weight is 168 g/mol. The van der Waals surface area contributed by atoms with E-state index in [2.05, 4.69) is 27.4 Å². The molecule has 2 nitrogen and oxygen atoms in total. The van der Waals surface area contributed by atoms with E-state index < -0.39 is 0 Å². The van der Waals surface area contributed by atoms with Crippen molar-refractivity contribution in [2.45, 2.75) is 20.8 Å². The molecule has 0 N–H and O–H groups in total. The fraction of sp³-hybridized carbons (Fsp3) is 0.500. The lowest BCUT2D eigenvalue weighted by molar-refractivity contribution is -0.136. The van der Waals surface area contributed by atoms with Gasteiger partial charge in [0.15, 0.2) is 0 Å². The predicted octanol–water partition coefficient (Wildman–Crippen LogP) is 2.32. The number of carbonyl (C=O) groups is 1. The third-order valence-electron chi connectivity index (χ3n) is 1.11. The second-order valence-corrected chi connectivity index (χ2v) is 3.60. The summed E-state index contributed by atoms with van der Waals surface area (Å²) in [5, 5.41) is 0. The summed E-state index contributed by atoms with van der Waals surface area (Å²) < 4.78 is 4.74. The lowest BCUT2D eigenvalue weighted by atomic mass is 9.96. The van der Waals surface area contributed by atoms with Gasteiger partial charge in [0.1, 0.15) is 6.61 Å². The highest BCUT2D eigenvalue weighted by atomic mass is 16.5. The fourth-order valence-electron chi connectivity index (χ4n) is 0.591. The van der Waals surface area contributed by atoms with Gasteiger partial charge in [-0.2, -0.15) is 0 Å². The first-order chi connectivity index (χ1) is 5.45. The molecule has 0 spiro atoms. The molecule has 0 aliphatic carbocycles. The molecule has 0 radical (unpaired) electrons. The van der Waals surface area contributed by atoms with Crippen LogP contribution < -0.4 is 0 Å². The molecule has 0 unspecified atom stereocenters. The Morgan fingerprint density at radius 1 is 1.50 bits per heavy atom. The minimum Gasteiger partial charge on any atom is -0.458 e. The minimum atomic E-state index is -0.381. The fourth-order valence-corrected chi connectivity index (χ4v) is 0.591. The third kappa shape index (κ3) is 7.06. The monoisotopic (exact) mass is 168 g/mol. The summed E-state index contributed by atoms with van der Waals surface area (Å²) in [6, 6.07) is 0. The van der Waals surface area contributed by atoms with E-state index in [4.69, 9.17) is 4.74 Å². The van der Waals surface area contributed by atoms with Gasteiger partial charge in [0.25, 0.3) is 0 Å². The maximum absolute atomic E-state index is 10.6. The Labute approximate surface area is 73.9 Å². The van der Waals surface area contributed by atoms with Crippen LogP contribution in [-0.4, -0.2) is 12.6 Å². The quantitative estimate of drug-likeness (QED) is 0.367. The standard InChI is InChI=1S/C10H16O2/c1-5-9(11)12-8-6-7-10(2,3)4/h5-7H,1,8H2,2-4H3. The van der Waals surface area contributed by atoms with E-state index in [9.17, 15) is 4.79 Å². The Kier molecular flexibility index (Phi) is 4.34. The number of ether oxygens (including phenoxy) is 1. The molecule has 0 aliphatic rings. The first kappa shape index (κ1) is 11.0. The molecule has 0 aromatic carbocycles. The highest BCUT2D eigenvalue weighted by Crippen LogP contribution is 2.13. The molecule has 12 heavy (non-hydrogen) atoms. The van der Waals surface area contributed by atoms with Crippen molar-refractivity contribution in [1.82, 2.24) is 0 Å². The van der Waals surface area contributed by atoms with Gasteiger partial charge >= 0.3 is 5.97 Å². The van der Waals surface area contributed by atoms with E-state index in [1.54, 1.807) is 0 Å². The van der Waals surface area contributed by atoms with E-state index >= 15 is 0 Å². The van der Waals surface area contributed by atoms with Crippen LogP contribution in [0.1, 0.15) is 20.8 Å². The van der Waals surface area contributed by atoms with Crippen molar-refractivity contribution < 1.29 is 9.53 Å². The van der Waals surface area contributed by atoms with Crippen molar-refractivity contribution in [1.29, 1.82) is 0 Å². The van der Waals surface area contributed by atoms with Gasteiger partial charge in [-0.3, -0.25) is 0 Å². The zero-order chi connectivity index (χ0) is 9.61. The maximum atomic E-state index is 10.6. The number of rotatable bonds is 3. The summed E-state index contributed by atoms with van der Waals surface area (Å²) in [4.78, 5) is 10.6. The Hall–Kier alpha value is -1.05. The smallest absolute Gasteiger partial charge is 0.330 e. The molecule has 0 atom stereocenters. The van der Waals surface area contributed by atoms with E-state index in [1.807, 2.05) is 12.2 Å². The Morgan fingerprint density at radius 3 is 2.50 bits per heavy atom.